The summed E-state index contributed by atoms with van der Waals surface area (Å²) in [4.78, 5) is 18.7. The standard InChI is InChI=1S/C17H19FN2OS/c18-14-4-1-13(2-5-14)3-8-17(21)20(15-6-7-15)11-9-16-19-10-12-22-16/h1-2,4-5,10,12,15H,3,6-9,11H2. The van der Waals surface area contributed by atoms with Crippen LogP contribution in [0.3, 0.4) is 0 Å². The second-order valence-electron chi connectivity index (χ2n) is 5.62. The molecule has 1 aromatic carbocycles. The first-order chi connectivity index (χ1) is 10.7. The molecule has 1 aromatic heterocycles. The van der Waals surface area contributed by atoms with Crippen molar-refractivity contribution in [2.75, 3.05) is 6.54 Å². The maximum absolute atomic E-state index is 12.9. The van der Waals surface area contributed by atoms with Gasteiger partial charge in [-0.1, -0.05) is 12.1 Å². The van der Waals surface area contributed by atoms with E-state index < -0.39 is 0 Å². The summed E-state index contributed by atoms with van der Waals surface area (Å²) in [5, 5.41) is 3.05. The van der Waals surface area contributed by atoms with E-state index in [1.54, 1.807) is 29.7 Å². The third kappa shape index (κ3) is 4.13. The number of carbonyl (C=O) groups excluding carboxylic acids is 1. The lowest BCUT2D eigenvalue weighted by atomic mass is 10.1. The van der Waals surface area contributed by atoms with Gasteiger partial charge in [0.2, 0.25) is 5.91 Å². The van der Waals surface area contributed by atoms with Gasteiger partial charge in [0.1, 0.15) is 5.82 Å². The number of benzene rings is 1. The minimum absolute atomic E-state index is 0.198. The molecule has 0 spiro atoms. The van der Waals surface area contributed by atoms with Crippen LogP contribution >= 0.6 is 11.3 Å². The van der Waals surface area contributed by atoms with Crippen molar-refractivity contribution < 1.29 is 9.18 Å². The third-order valence-corrected chi connectivity index (χ3v) is 4.74. The van der Waals surface area contributed by atoms with Gasteiger partial charge >= 0.3 is 0 Å². The molecule has 3 rings (SSSR count). The number of nitrogens with zero attached hydrogens (tertiary/aromatic N) is 2. The van der Waals surface area contributed by atoms with Crippen LogP contribution in [0.4, 0.5) is 4.39 Å². The monoisotopic (exact) mass is 318 g/mol. The van der Waals surface area contributed by atoms with E-state index in [1.165, 1.54) is 12.1 Å². The van der Waals surface area contributed by atoms with Crippen molar-refractivity contribution in [1.29, 1.82) is 0 Å². The largest absolute Gasteiger partial charge is 0.339 e. The number of amides is 1. The summed E-state index contributed by atoms with van der Waals surface area (Å²) in [7, 11) is 0. The smallest absolute Gasteiger partial charge is 0.223 e. The Bertz CT molecular complexity index is 608. The van der Waals surface area contributed by atoms with Crippen LogP contribution in [-0.4, -0.2) is 28.4 Å². The Hall–Kier alpha value is -1.75. The molecular weight excluding hydrogens is 299 g/mol. The number of aryl methyl sites for hydroxylation is 1. The number of thiazole rings is 1. The summed E-state index contributed by atoms with van der Waals surface area (Å²) in [5.41, 5.74) is 1.01. The molecule has 5 heteroatoms. The minimum atomic E-state index is -0.238. The molecule has 22 heavy (non-hydrogen) atoms. The maximum atomic E-state index is 12.9. The number of hydrogen-bond acceptors (Lipinski definition) is 3. The van der Waals surface area contributed by atoms with Gasteiger partial charge in [0.05, 0.1) is 5.01 Å². The number of hydrogen-bond donors (Lipinski definition) is 0. The lowest BCUT2D eigenvalue weighted by Crippen LogP contribution is -2.35. The fourth-order valence-corrected chi connectivity index (χ4v) is 3.15. The Morgan fingerprint density at radius 2 is 2.05 bits per heavy atom. The van der Waals surface area contributed by atoms with E-state index in [-0.39, 0.29) is 11.7 Å². The second-order valence-corrected chi connectivity index (χ2v) is 6.60. The molecule has 1 aliphatic carbocycles. The molecule has 1 aliphatic rings. The molecule has 2 aromatic rings. The number of halogens is 1. The quantitative estimate of drug-likeness (QED) is 0.783. The van der Waals surface area contributed by atoms with E-state index in [1.807, 2.05) is 10.3 Å². The fraction of sp³-hybridized carbons (Fsp3) is 0.412. The first kappa shape index (κ1) is 15.2. The summed E-state index contributed by atoms with van der Waals surface area (Å²) in [6.45, 7) is 0.750. The van der Waals surface area contributed by atoms with Crippen LogP contribution < -0.4 is 0 Å². The van der Waals surface area contributed by atoms with E-state index in [0.717, 1.165) is 36.4 Å². The molecule has 0 bridgehead atoms. The Balaban J connectivity index is 1.52. The molecule has 3 nitrogen and oxygen atoms in total. The molecular formula is C17H19FN2OS. The zero-order valence-corrected chi connectivity index (χ0v) is 13.2. The van der Waals surface area contributed by atoms with Crippen LogP contribution in [0.5, 0.6) is 0 Å². The number of rotatable bonds is 7. The molecule has 0 unspecified atom stereocenters. The molecule has 1 saturated carbocycles. The Morgan fingerprint density at radius 3 is 2.68 bits per heavy atom. The minimum Gasteiger partial charge on any atom is -0.339 e. The van der Waals surface area contributed by atoms with E-state index in [2.05, 4.69) is 4.98 Å². The highest BCUT2D eigenvalue weighted by atomic mass is 32.1. The molecule has 1 heterocycles. The van der Waals surface area contributed by atoms with Crippen molar-refractivity contribution in [2.24, 2.45) is 0 Å². The van der Waals surface area contributed by atoms with E-state index in [4.69, 9.17) is 0 Å². The highest BCUT2D eigenvalue weighted by Gasteiger charge is 2.31. The van der Waals surface area contributed by atoms with Crippen molar-refractivity contribution in [3.8, 4) is 0 Å². The van der Waals surface area contributed by atoms with Crippen LogP contribution in [0.15, 0.2) is 35.8 Å². The van der Waals surface area contributed by atoms with E-state index in [9.17, 15) is 9.18 Å². The van der Waals surface area contributed by atoms with Gasteiger partial charge < -0.3 is 4.90 Å². The second kappa shape index (κ2) is 7.01. The van der Waals surface area contributed by atoms with Gasteiger partial charge in [0, 0.05) is 37.0 Å². The number of carbonyl (C=O) groups is 1. The van der Waals surface area contributed by atoms with Gasteiger partial charge in [-0.15, -0.1) is 11.3 Å². The first-order valence-corrected chi connectivity index (χ1v) is 8.52. The third-order valence-electron chi connectivity index (χ3n) is 3.90. The predicted molar refractivity (Wildman–Crippen MR) is 85.3 cm³/mol. The number of aromatic nitrogens is 1. The highest BCUT2D eigenvalue weighted by molar-refractivity contribution is 7.09. The Morgan fingerprint density at radius 1 is 1.27 bits per heavy atom. The van der Waals surface area contributed by atoms with Gasteiger partial charge in [-0.25, -0.2) is 9.37 Å². The van der Waals surface area contributed by atoms with Crippen LogP contribution in [0.1, 0.15) is 29.8 Å². The van der Waals surface area contributed by atoms with Crippen molar-refractivity contribution in [2.45, 2.75) is 38.1 Å². The fourth-order valence-electron chi connectivity index (χ4n) is 2.54. The normalized spacial score (nSPS) is 14.0. The molecule has 0 saturated heterocycles. The topological polar surface area (TPSA) is 33.2 Å². The van der Waals surface area contributed by atoms with Gasteiger partial charge in [0.15, 0.2) is 0 Å². The highest BCUT2D eigenvalue weighted by Crippen LogP contribution is 2.28. The summed E-state index contributed by atoms with van der Waals surface area (Å²) < 4.78 is 12.9. The van der Waals surface area contributed by atoms with Gasteiger partial charge in [-0.3, -0.25) is 4.79 Å². The van der Waals surface area contributed by atoms with Crippen molar-refractivity contribution in [3.05, 3.63) is 52.2 Å². The van der Waals surface area contributed by atoms with Crippen molar-refractivity contribution in [3.63, 3.8) is 0 Å². The van der Waals surface area contributed by atoms with Crippen LogP contribution in [-0.2, 0) is 17.6 Å². The zero-order valence-electron chi connectivity index (χ0n) is 12.4. The summed E-state index contributed by atoms with van der Waals surface area (Å²) in [6, 6.07) is 6.81. The predicted octanol–water partition coefficient (Wildman–Crippen LogP) is 3.45. The first-order valence-electron chi connectivity index (χ1n) is 7.64. The van der Waals surface area contributed by atoms with Crippen LogP contribution in [0.25, 0.3) is 0 Å². The lowest BCUT2D eigenvalue weighted by molar-refractivity contribution is -0.131. The van der Waals surface area contributed by atoms with Crippen molar-refractivity contribution >= 4 is 17.2 Å². The van der Waals surface area contributed by atoms with Crippen molar-refractivity contribution in [1.82, 2.24) is 9.88 Å². The molecule has 0 aliphatic heterocycles. The SMILES string of the molecule is O=C(CCc1ccc(F)cc1)N(CCc1nccs1)C1CC1. The average molecular weight is 318 g/mol. The van der Waals surface area contributed by atoms with Crippen LogP contribution in [0.2, 0.25) is 0 Å². The van der Waals surface area contributed by atoms with Crippen LogP contribution in [0, 0.1) is 5.82 Å². The Kier molecular flexibility index (Phi) is 4.83. The molecule has 0 radical (unpaired) electrons. The van der Waals surface area contributed by atoms with E-state index in [0.29, 0.717) is 18.9 Å². The molecule has 1 amide bonds. The summed E-state index contributed by atoms with van der Waals surface area (Å²) >= 11 is 1.64. The van der Waals surface area contributed by atoms with E-state index >= 15 is 0 Å². The summed E-state index contributed by atoms with van der Waals surface area (Å²) in [6.07, 6.45) is 6.01. The lowest BCUT2D eigenvalue weighted by Gasteiger charge is -2.22. The van der Waals surface area contributed by atoms with Gasteiger partial charge in [-0.05, 0) is 37.0 Å². The van der Waals surface area contributed by atoms with Gasteiger partial charge in [0.25, 0.3) is 0 Å². The maximum Gasteiger partial charge on any atom is 0.223 e. The molecule has 0 N–H and O–H groups in total. The zero-order chi connectivity index (χ0) is 15.4. The average Bonchev–Trinajstić information content (AvgIpc) is 3.22. The Labute approximate surface area is 133 Å². The summed E-state index contributed by atoms with van der Waals surface area (Å²) in [5.74, 6) is -0.0403. The van der Waals surface area contributed by atoms with Gasteiger partial charge in [-0.2, -0.15) is 0 Å². The molecule has 1 fully saturated rings. The molecule has 0 atom stereocenters. The molecule has 116 valence electrons.